The van der Waals surface area contributed by atoms with Gasteiger partial charge < -0.3 is 9.32 Å². The second-order valence-corrected chi connectivity index (χ2v) is 14.0. The first-order chi connectivity index (χ1) is 25.3. The van der Waals surface area contributed by atoms with E-state index in [-0.39, 0.29) is 0 Å². The molecule has 0 aliphatic heterocycles. The zero-order valence-corrected chi connectivity index (χ0v) is 28.5. The summed E-state index contributed by atoms with van der Waals surface area (Å²) in [6.45, 7) is 0. The predicted molar refractivity (Wildman–Crippen MR) is 218 cm³/mol. The van der Waals surface area contributed by atoms with E-state index in [0.29, 0.717) is 0 Å². The molecule has 0 saturated heterocycles. The number of benzene rings is 8. The summed E-state index contributed by atoms with van der Waals surface area (Å²) in [5.41, 5.74) is 12.0. The number of anilines is 3. The first kappa shape index (κ1) is 29.5. The van der Waals surface area contributed by atoms with Crippen LogP contribution in [-0.4, -0.2) is 0 Å². The van der Waals surface area contributed by atoms with Crippen LogP contribution < -0.4 is 4.90 Å². The smallest absolute Gasteiger partial charge is 0.160 e. The van der Waals surface area contributed by atoms with Crippen LogP contribution in [0.1, 0.15) is 0 Å². The molecule has 0 N–H and O–H groups in total. The fraction of sp³-hybridized carbons (Fsp3) is 0. The molecule has 0 spiro atoms. The monoisotopic (exact) mass is 669 g/mol. The van der Waals surface area contributed by atoms with Crippen molar-refractivity contribution >= 4 is 70.5 Å². The van der Waals surface area contributed by atoms with Crippen LogP contribution in [0.25, 0.3) is 75.5 Å². The SMILES string of the molecule is c1ccc(-c2cccc(-c3ccc(N(c4ccc5c(c4)sc4ccccc45)c4ccc(-c5ccccc5)c5c4oc4ccccc45)cc3)c2)cc1. The van der Waals surface area contributed by atoms with Crippen LogP contribution >= 0.6 is 11.3 Å². The molecule has 2 nitrogen and oxygen atoms in total. The van der Waals surface area contributed by atoms with Crippen molar-refractivity contribution in [2.45, 2.75) is 0 Å². The van der Waals surface area contributed by atoms with Gasteiger partial charge in [0.15, 0.2) is 5.58 Å². The molecule has 0 atom stereocenters. The van der Waals surface area contributed by atoms with Crippen molar-refractivity contribution in [2.24, 2.45) is 0 Å². The quantitative estimate of drug-likeness (QED) is 0.175. The number of hydrogen-bond acceptors (Lipinski definition) is 3. The van der Waals surface area contributed by atoms with Crippen LogP contribution in [0.15, 0.2) is 192 Å². The van der Waals surface area contributed by atoms with Gasteiger partial charge in [-0.1, -0.05) is 140 Å². The highest BCUT2D eigenvalue weighted by Gasteiger charge is 2.23. The minimum Gasteiger partial charge on any atom is -0.454 e. The van der Waals surface area contributed by atoms with Gasteiger partial charge >= 0.3 is 0 Å². The summed E-state index contributed by atoms with van der Waals surface area (Å²) < 4.78 is 9.37. The minimum absolute atomic E-state index is 0.869. The Morgan fingerprint density at radius 2 is 1.00 bits per heavy atom. The van der Waals surface area contributed by atoms with E-state index in [2.05, 4.69) is 187 Å². The standard InChI is InChI=1S/C48H31NOS/c1-3-12-32(13-4-1)35-16-11-17-36(30-35)33-22-24-37(25-23-33)49(38-26-27-41-40-18-8-10-21-45(40)51-46(41)31-38)43-29-28-39(34-14-5-2-6-15-34)47-42-19-7-9-20-44(42)50-48(43)47/h1-31H. The number of furan rings is 1. The van der Waals surface area contributed by atoms with Crippen LogP contribution in [0.2, 0.25) is 0 Å². The third kappa shape index (κ3) is 5.10. The number of fused-ring (bicyclic) bond motifs is 6. The predicted octanol–water partition coefficient (Wildman–Crippen LogP) is 14.4. The number of hydrogen-bond donors (Lipinski definition) is 0. The molecule has 8 aromatic carbocycles. The molecular formula is C48H31NOS. The van der Waals surface area contributed by atoms with E-state index in [1.165, 1.54) is 48.0 Å². The van der Waals surface area contributed by atoms with Gasteiger partial charge in [0.25, 0.3) is 0 Å². The van der Waals surface area contributed by atoms with E-state index in [1.54, 1.807) is 0 Å². The van der Waals surface area contributed by atoms with Crippen LogP contribution in [0.4, 0.5) is 17.1 Å². The molecule has 0 saturated carbocycles. The van der Waals surface area contributed by atoms with Crippen LogP contribution in [0.3, 0.4) is 0 Å². The maximum atomic E-state index is 6.81. The molecule has 0 amide bonds. The summed E-state index contributed by atoms with van der Waals surface area (Å²) in [7, 11) is 0. The van der Waals surface area contributed by atoms with E-state index in [1.807, 2.05) is 17.4 Å². The lowest BCUT2D eigenvalue weighted by atomic mass is 9.97. The van der Waals surface area contributed by atoms with Crippen LogP contribution in [0, 0.1) is 0 Å². The lowest BCUT2D eigenvalue weighted by Gasteiger charge is -2.26. The molecule has 10 rings (SSSR count). The highest BCUT2D eigenvalue weighted by molar-refractivity contribution is 7.25. The van der Waals surface area contributed by atoms with Gasteiger partial charge in [-0.2, -0.15) is 0 Å². The molecule has 2 aromatic heterocycles. The Labute approximate surface area is 300 Å². The highest BCUT2D eigenvalue weighted by atomic mass is 32.1. The largest absolute Gasteiger partial charge is 0.454 e. The molecule has 51 heavy (non-hydrogen) atoms. The van der Waals surface area contributed by atoms with Gasteiger partial charge in [-0.15, -0.1) is 11.3 Å². The Morgan fingerprint density at radius 1 is 0.392 bits per heavy atom. The molecule has 0 bridgehead atoms. The fourth-order valence-electron chi connectivity index (χ4n) is 7.44. The van der Waals surface area contributed by atoms with E-state index in [9.17, 15) is 0 Å². The summed E-state index contributed by atoms with van der Waals surface area (Å²) in [5.74, 6) is 0. The normalized spacial score (nSPS) is 11.5. The Hall–Kier alpha value is -6.42. The van der Waals surface area contributed by atoms with Gasteiger partial charge in [0, 0.05) is 42.3 Å². The lowest BCUT2D eigenvalue weighted by molar-refractivity contribution is 0.669. The van der Waals surface area contributed by atoms with Crippen molar-refractivity contribution < 1.29 is 4.42 Å². The molecule has 240 valence electrons. The number of thiophene rings is 1. The van der Waals surface area contributed by atoms with Gasteiger partial charge in [-0.05, 0) is 81.9 Å². The summed E-state index contributed by atoms with van der Waals surface area (Å²) in [6, 6.07) is 67.3. The number of nitrogens with zero attached hydrogens (tertiary/aromatic N) is 1. The topological polar surface area (TPSA) is 16.4 Å². The molecule has 3 heteroatoms. The zero-order chi connectivity index (χ0) is 33.7. The molecule has 0 aliphatic carbocycles. The van der Waals surface area contributed by atoms with Gasteiger partial charge in [0.1, 0.15) is 5.58 Å². The second-order valence-electron chi connectivity index (χ2n) is 12.9. The molecule has 10 aromatic rings. The Bertz CT molecular complexity index is 2850. The van der Waals surface area contributed by atoms with Crippen LogP contribution in [0.5, 0.6) is 0 Å². The van der Waals surface area contributed by atoms with E-state index >= 15 is 0 Å². The maximum absolute atomic E-state index is 6.81. The molecule has 0 aliphatic rings. The maximum Gasteiger partial charge on any atom is 0.160 e. The Balaban J connectivity index is 1.17. The van der Waals surface area contributed by atoms with Crippen molar-refractivity contribution in [3.8, 4) is 33.4 Å². The first-order valence-corrected chi connectivity index (χ1v) is 18.1. The van der Waals surface area contributed by atoms with Gasteiger partial charge in [0.05, 0.1) is 5.69 Å². The summed E-state index contributed by atoms with van der Waals surface area (Å²) in [6.07, 6.45) is 0. The van der Waals surface area contributed by atoms with E-state index in [0.717, 1.165) is 44.6 Å². The molecular weight excluding hydrogens is 639 g/mol. The minimum atomic E-state index is 0.869. The van der Waals surface area contributed by atoms with Gasteiger partial charge in [0.2, 0.25) is 0 Å². The van der Waals surface area contributed by atoms with Crippen molar-refractivity contribution in [2.75, 3.05) is 4.90 Å². The van der Waals surface area contributed by atoms with Crippen molar-refractivity contribution in [1.82, 2.24) is 0 Å². The Kier molecular flexibility index (Phi) is 7.04. The van der Waals surface area contributed by atoms with Gasteiger partial charge in [-0.3, -0.25) is 0 Å². The molecule has 0 unspecified atom stereocenters. The average Bonchev–Trinajstić information content (AvgIpc) is 3.78. The Morgan fingerprint density at radius 3 is 1.78 bits per heavy atom. The van der Waals surface area contributed by atoms with Crippen molar-refractivity contribution in [3.05, 3.63) is 188 Å². The second kappa shape index (κ2) is 12.2. The van der Waals surface area contributed by atoms with Crippen LogP contribution in [-0.2, 0) is 0 Å². The highest BCUT2D eigenvalue weighted by Crippen LogP contribution is 2.47. The number of para-hydroxylation sites is 1. The zero-order valence-electron chi connectivity index (χ0n) is 27.7. The summed E-state index contributed by atoms with van der Waals surface area (Å²) in [5, 5.41) is 4.81. The number of rotatable bonds is 6. The summed E-state index contributed by atoms with van der Waals surface area (Å²) in [4.78, 5) is 2.35. The van der Waals surface area contributed by atoms with Crippen molar-refractivity contribution in [3.63, 3.8) is 0 Å². The third-order valence-electron chi connectivity index (χ3n) is 9.88. The molecule has 0 fully saturated rings. The third-order valence-corrected chi connectivity index (χ3v) is 11.0. The van der Waals surface area contributed by atoms with Crippen molar-refractivity contribution in [1.29, 1.82) is 0 Å². The first-order valence-electron chi connectivity index (χ1n) is 17.3. The summed E-state index contributed by atoms with van der Waals surface area (Å²) >= 11 is 1.84. The lowest BCUT2D eigenvalue weighted by Crippen LogP contribution is -2.10. The fourth-order valence-corrected chi connectivity index (χ4v) is 8.58. The average molecular weight is 670 g/mol. The van der Waals surface area contributed by atoms with Gasteiger partial charge in [-0.25, -0.2) is 0 Å². The van der Waals surface area contributed by atoms with E-state index < -0.39 is 0 Å². The molecule has 2 heterocycles. The molecule has 0 radical (unpaired) electrons. The van der Waals surface area contributed by atoms with E-state index in [4.69, 9.17) is 4.42 Å².